The van der Waals surface area contributed by atoms with Crippen LogP contribution in [0.2, 0.25) is 0 Å². The minimum atomic E-state index is -0.484. The van der Waals surface area contributed by atoms with Crippen LogP contribution in [0.1, 0.15) is 38.0 Å². The molecule has 1 saturated heterocycles. The van der Waals surface area contributed by atoms with Gasteiger partial charge in [0.1, 0.15) is 6.04 Å². The molecule has 0 aromatic carbocycles. The van der Waals surface area contributed by atoms with Crippen LogP contribution in [0.5, 0.6) is 0 Å². The number of carbonyl (C=O) groups excluding carboxylic acids is 2. The standard InChI is InChI=1S/C16H25N3O2S/c1-12-6-3-4-10-19(12)15(20)13(2)18-16(21)17-9-8-14-7-5-11-22-14/h5,7,11-13H,3-4,6,8-10H2,1-2H3,(H2,17,18,21)/t12-,13-/m1/s1. The van der Waals surface area contributed by atoms with Crippen molar-refractivity contribution in [3.8, 4) is 0 Å². The molecule has 2 N–H and O–H groups in total. The number of piperidine rings is 1. The number of hydrogen-bond donors (Lipinski definition) is 2. The molecule has 0 aliphatic carbocycles. The number of thiophene rings is 1. The number of amides is 3. The molecule has 1 aliphatic rings. The lowest BCUT2D eigenvalue weighted by Gasteiger charge is -2.35. The normalized spacial score (nSPS) is 19.5. The number of nitrogens with one attached hydrogen (secondary N) is 2. The molecule has 1 fully saturated rings. The van der Waals surface area contributed by atoms with Gasteiger partial charge in [-0.3, -0.25) is 4.79 Å². The van der Waals surface area contributed by atoms with Gasteiger partial charge in [0.15, 0.2) is 0 Å². The lowest BCUT2D eigenvalue weighted by atomic mass is 10.0. The lowest BCUT2D eigenvalue weighted by molar-refractivity contribution is -0.136. The van der Waals surface area contributed by atoms with E-state index in [1.165, 1.54) is 11.3 Å². The van der Waals surface area contributed by atoms with Crippen molar-refractivity contribution in [2.75, 3.05) is 13.1 Å². The van der Waals surface area contributed by atoms with Crippen LogP contribution >= 0.6 is 11.3 Å². The first-order valence-electron chi connectivity index (χ1n) is 7.95. The monoisotopic (exact) mass is 323 g/mol. The zero-order chi connectivity index (χ0) is 15.9. The minimum Gasteiger partial charge on any atom is -0.338 e. The molecule has 1 aromatic rings. The third-order valence-electron chi connectivity index (χ3n) is 4.04. The van der Waals surface area contributed by atoms with Crippen LogP contribution in [-0.2, 0) is 11.2 Å². The third-order valence-corrected chi connectivity index (χ3v) is 4.98. The predicted molar refractivity (Wildman–Crippen MR) is 89.0 cm³/mol. The molecule has 122 valence electrons. The Kier molecular flexibility index (Phi) is 6.24. The molecule has 2 heterocycles. The highest BCUT2D eigenvalue weighted by Crippen LogP contribution is 2.17. The van der Waals surface area contributed by atoms with Crippen molar-refractivity contribution in [1.29, 1.82) is 0 Å². The predicted octanol–water partition coefficient (Wildman–Crippen LogP) is 2.38. The lowest BCUT2D eigenvalue weighted by Crippen LogP contribution is -2.53. The quantitative estimate of drug-likeness (QED) is 0.874. The summed E-state index contributed by atoms with van der Waals surface area (Å²) >= 11 is 1.68. The van der Waals surface area contributed by atoms with E-state index in [0.717, 1.165) is 25.8 Å². The Hall–Kier alpha value is -1.56. The number of rotatable bonds is 5. The molecule has 6 heteroatoms. The molecule has 2 atom stereocenters. The van der Waals surface area contributed by atoms with Crippen LogP contribution in [0.4, 0.5) is 4.79 Å². The summed E-state index contributed by atoms with van der Waals surface area (Å²) in [5, 5.41) is 7.57. The van der Waals surface area contributed by atoms with Gasteiger partial charge in [-0.25, -0.2) is 4.79 Å². The second-order valence-corrected chi connectivity index (χ2v) is 6.86. The summed E-state index contributed by atoms with van der Waals surface area (Å²) in [4.78, 5) is 27.4. The summed E-state index contributed by atoms with van der Waals surface area (Å²) in [7, 11) is 0. The second kappa shape index (κ2) is 8.17. The highest BCUT2D eigenvalue weighted by atomic mass is 32.1. The average molecular weight is 323 g/mol. The Labute approximate surface area is 136 Å². The van der Waals surface area contributed by atoms with Gasteiger partial charge in [-0.2, -0.15) is 0 Å². The van der Waals surface area contributed by atoms with Crippen LogP contribution in [0.25, 0.3) is 0 Å². The molecule has 2 rings (SSSR count). The summed E-state index contributed by atoms with van der Waals surface area (Å²) in [6.07, 6.45) is 4.09. The van der Waals surface area contributed by atoms with E-state index >= 15 is 0 Å². The number of carbonyl (C=O) groups is 2. The van der Waals surface area contributed by atoms with Gasteiger partial charge < -0.3 is 15.5 Å². The molecular weight excluding hydrogens is 298 g/mol. The fourth-order valence-corrected chi connectivity index (χ4v) is 3.45. The van der Waals surface area contributed by atoms with E-state index in [0.29, 0.717) is 6.54 Å². The van der Waals surface area contributed by atoms with E-state index in [1.807, 2.05) is 22.4 Å². The molecule has 5 nitrogen and oxygen atoms in total. The van der Waals surface area contributed by atoms with E-state index in [1.54, 1.807) is 18.3 Å². The summed E-state index contributed by atoms with van der Waals surface area (Å²) in [5.74, 6) is 0.0145. The van der Waals surface area contributed by atoms with E-state index in [9.17, 15) is 9.59 Å². The molecule has 3 amide bonds. The van der Waals surface area contributed by atoms with Crippen molar-refractivity contribution in [3.05, 3.63) is 22.4 Å². The number of nitrogens with zero attached hydrogens (tertiary/aromatic N) is 1. The average Bonchev–Trinajstić information content (AvgIpc) is 3.00. The second-order valence-electron chi connectivity index (χ2n) is 5.83. The van der Waals surface area contributed by atoms with Crippen LogP contribution in [0.15, 0.2) is 17.5 Å². The van der Waals surface area contributed by atoms with Crippen molar-refractivity contribution >= 4 is 23.3 Å². The third kappa shape index (κ3) is 4.73. The van der Waals surface area contributed by atoms with Crippen molar-refractivity contribution in [2.24, 2.45) is 0 Å². The maximum Gasteiger partial charge on any atom is 0.315 e. The van der Waals surface area contributed by atoms with Gasteiger partial charge in [0.2, 0.25) is 5.91 Å². The van der Waals surface area contributed by atoms with Crippen LogP contribution < -0.4 is 10.6 Å². The summed E-state index contributed by atoms with van der Waals surface area (Å²) < 4.78 is 0. The van der Waals surface area contributed by atoms with Gasteiger partial charge in [0, 0.05) is 24.0 Å². The van der Waals surface area contributed by atoms with Crippen LogP contribution in [-0.4, -0.2) is 42.0 Å². The fourth-order valence-electron chi connectivity index (χ4n) is 2.74. The summed E-state index contributed by atoms with van der Waals surface area (Å²) in [5.41, 5.74) is 0. The minimum absolute atomic E-state index is 0.0145. The number of likely N-dealkylation sites (tertiary alicyclic amines) is 1. The van der Waals surface area contributed by atoms with Gasteiger partial charge >= 0.3 is 6.03 Å². The van der Waals surface area contributed by atoms with Crippen LogP contribution in [0.3, 0.4) is 0 Å². The van der Waals surface area contributed by atoms with Gasteiger partial charge in [-0.1, -0.05) is 6.07 Å². The van der Waals surface area contributed by atoms with Crippen molar-refractivity contribution in [2.45, 2.75) is 51.6 Å². The molecule has 22 heavy (non-hydrogen) atoms. The number of hydrogen-bond acceptors (Lipinski definition) is 3. The molecule has 1 aliphatic heterocycles. The highest BCUT2D eigenvalue weighted by molar-refractivity contribution is 7.09. The molecule has 0 radical (unpaired) electrons. The first-order chi connectivity index (χ1) is 10.6. The largest absolute Gasteiger partial charge is 0.338 e. The Morgan fingerprint density at radius 2 is 2.27 bits per heavy atom. The summed E-state index contributed by atoms with van der Waals surface area (Å²) in [6, 6.07) is 3.56. The summed E-state index contributed by atoms with van der Waals surface area (Å²) in [6.45, 7) is 5.20. The molecule has 0 spiro atoms. The Morgan fingerprint density at radius 3 is 2.95 bits per heavy atom. The van der Waals surface area contributed by atoms with E-state index in [-0.39, 0.29) is 18.0 Å². The number of urea groups is 1. The first kappa shape index (κ1) is 16.8. The Morgan fingerprint density at radius 1 is 1.45 bits per heavy atom. The molecule has 0 saturated carbocycles. The molecule has 0 bridgehead atoms. The molecule has 0 unspecified atom stereocenters. The van der Waals surface area contributed by atoms with Crippen LogP contribution in [0, 0.1) is 0 Å². The topological polar surface area (TPSA) is 61.4 Å². The van der Waals surface area contributed by atoms with E-state index < -0.39 is 6.04 Å². The SMILES string of the molecule is C[C@@H]1CCCCN1C(=O)[C@@H](C)NC(=O)NCCc1cccs1. The van der Waals surface area contributed by atoms with Crippen molar-refractivity contribution in [3.63, 3.8) is 0 Å². The fraction of sp³-hybridized carbons (Fsp3) is 0.625. The van der Waals surface area contributed by atoms with Gasteiger partial charge in [-0.05, 0) is 51.0 Å². The maximum atomic E-state index is 12.4. The highest BCUT2D eigenvalue weighted by Gasteiger charge is 2.27. The zero-order valence-electron chi connectivity index (χ0n) is 13.3. The van der Waals surface area contributed by atoms with Crippen molar-refractivity contribution < 1.29 is 9.59 Å². The Bertz CT molecular complexity index is 490. The van der Waals surface area contributed by atoms with Gasteiger partial charge in [0.25, 0.3) is 0 Å². The first-order valence-corrected chi connectivity index (χ1v) is 8.83. The molecule has 1 aromatic heterocycles. The van der Waals surface area contributed by atoms with E-state index in [2.05, 4.69) is 17.6 Å². The van der Waals surface area contributed by atoms with Crippen molar-refractivity contribution in [1.82, 2.24) is 15.5 Å². The molecular formula is C16H25N3O2S. The zero-order valence-corrected chi connectivity index (χ0v) is 14.1. The smallest absolute Gasteiger partial charge is 0.315 e. The Balaban J connectivity index is 1.71. The van der Waals surface area contributed by atoms with Gasteiger partial charge in [-0.15, -0.1) is 11.3 Å². The maximum absolute atomic E-state index is 12.4. The van der Waals surface area contributed by atoms with Gasteiger partial charge in [0.05, 0.1) is 0 Å². The van der Waals surface area contributed by atoms with E-state index in [4.69, 9.17) is 0 Å².